The van der Waals surface area contributed by atoms with Gasteiger partial charge < -0.3 is 15.8 Å². The van der Waals surface area contributed by atoms with E-state index in [0.717, 1.165) is 48.4 Å². The number of amides is 1. The highest BCUT2D eigenvalue weighted by atomic mass is 32.2. The molecular weight excluding hydrogens is 372 g/mol. The fourth-order valence-corrected chi connectivity index (χ4v) is 3.80. The first-order valence-corrected chi connectivity index (χ1v) is 9.74. The molecule has 8 heteroatoms. The number of hydrogen-bond donors (Lipinski definition) is 2. The maximum atomic E-state index is 13.2. The van der Waals surface area contributed by atoms with Crippen LogP contribution >= 0.6 is 11.8 Å². The van der Waals surface area contributed by atoms with Gasteiger partial charge in [0.15, 0.2) is 0 Å². The number of benzene rings is 1. The van der Waals surface area contributed by atoms with Crippen LogP contribution in [0, 0.1) is 11.6 Å². The Bertz CT molecular complexity index is 793. The van der Waals surface area contributed by atoms with E-state index in [0.29, 0.717) is 5.69 Å². The average Bonchev–Trinajstić information content (AvgIpc) is 2.62. The van der Waals surface area contributed by atoms with E-state index in [2.05, 4.69) is 10.3 Å². The molecular formula is C19H21F2N3O2S. The Labute approximate surface area is 160 Å². The number of nitrogens with one attached hydrogen (secondary N) is 1. The smallest absolute Gasteiger partial charge is 0.228 e. The number of hydrogen-bond acceptors (Lipinski definition) is 5. The molecule has 1 aliphatic heterocycles. The number of halogens is 2. The lowest BCUT2D eigenvalue weighted by atomic mass is 10.1. The number of anilines is 2. The molecule has 1 aromatic heterocycles. The fraction of sp³-hybridized carbons (Fsp3) is 0.368. The summed E-state index contributed by atoms with van der Waals surface area (Å²) in [5.74, 6) is -0.860. The van der Waals surface area contributed by atoms with Gasteiger partial charge in [-0.1, -0.05) is 0 Å². The maximum absolute atomic E-state index is 13.2. The highest BCUT2D eigenvalue weighted by Gasteiger charge is 2.15. The molecule has 2 heterocycles. The maximum Gasteiger partial charge on any atom is 0.228 e. The molecule has 1 saturated heterocycles. The Morgan fingerprint density at radius 2 is 2.04 bits per heavy atom. The second-order valence-electron chi connectivity index (χ2n) is 6.38. The summed E-state index contributed by atoms with van der Waals surface area (Å²) in [5, 5.41) is 3.38. The number of carbonyl (C=O) groups excluding carboxylic acids is 1. The SMILES string of the molecule is Nc1nc(SCC2CCCCO2)ccc1NC(=O)Cc1cc(F)cc(F)c1. The third-order valence-electron chi connectivity index (χ3n) is 4.15. The van der Waals surface area contributed by atoms with Gasteiger partial charge in [-0.25, -0.2) is 13.8 Å². The minimum atomic E-state index is -0.720. The number of rotatable bonds is 6. The van der Waals surface area contributed by atoms with Gasteiger partial charge in [-0.3, -0.25) is 4.79 Å². The largest absolute Gasteiger partial charge is 0.382 e. The van der Waals surface area contributed by atoms with Gasteiger partial charge in [-0.2, -0.15) is 0 Å². The van der Waals surface area contributed by atoms with E-state index in [1.54, 1.807) is 23.9 Å². The van der Waals surface area contributed by atoms with Crippen LogP contribution < -0.4 is 11.1 Å². The quantitative estimate of drug-likeness (QED) is 0.731. The molecule has 3 rings (SSSR count). The molecule has 3 N–H and O–H groups in total. The van der Waals surface area contributed by atoms with Crippen molar-refractivity contribution in [3.63, 3.8) is 0 Å². The molecule has 1 aliphatic rings. The monoisotopic (exact) mass is 393 g/mol. The zero-order valence-corrected chi connectivity index (χ0v) is 15.5. The number of nitrogens with zero attached hydrogens (tertiary/aromatic N) is 1. The number of ether oxygens (including phenoxy) is 1. The van der Waals surface area contributed by atoms with Crippen molar-refractivity contribution in [3.05, 3.63) is 47.5 Å². The Kier molecular flexibility index (Phi) is 6.63. The van der Waals surface area contributed by atoms with Crippen LogP contribution in [-0.4, -0.2) is 29.4 Å². The first kappa shape index (κ1) is 19.6. The summed E-state index contributed by atoms with van der Waals surface area (Å²) in [6.07, 6.45) is 3.42. The van der Waals surface area contributed by atoms with Crippen LogP contribution in [0.15, 0.2) is 35.4 Å². The lowest BCUT2D eigenvalue weighted by Gasteiger charge is -2.21. The molecule has 0 spiro atoms. The van der Waals surface area contributed by atoms with E-state index < -0.39 is 17.5 Å². The van der Waals surface area contributed by atoms with Crippen molar-refractivity contribution in [1.82, 2.24) is 4.98 Å². The zero-order valence-electron chi connectivity index (χ0n) is 14.7. The van der Waals surface area contributed by atoms with E-state index in [9.17, 15) is 13.6 Å². The first-order chi connectivity index (χ1) is 13.0. The lowest BCUT2D eigenvalue weighted by Crippen LogP contribution is -2.21. The number of pyridine rings is 1. The van der Waals surface area contributed by atoms with Crippen LogP contribution in [0.5, 0.6) is 0 Å². The molecule has 0 bridgehead atoms. The van der Waals surface area contributed by atoms with Gasteiger partial charge in [-0.05, 0) is 49.1 Å². The molecule has 1 aromatic carbocycles. The number of aromatic nitrogens is 1. The van der Waals surface area contributed by atoms with E-state index in [1.165, 1.54) is 6.42 Å². The van der Waals surface area contributed by atoms with E-state index >= 15 is 0 Å². The molecule has 1 unspecified atom stereocenters. The summed E-state index contributed by atoms with van der Waals surface area (Å²) in [6.45, 7) is 0.807. The van der Waals surface area contributed by atoms with Crippen molar-refractivity contribution in [2.45, 2.75) is 36.8 Å². The summed E-state index contributed by atoms with van der Waals surface area (Å²) in [7, 11) is 0. The van der Waals surface area contributed by atoms with Gasteiger partial charge in [0, 0.05) is 18.4 Å². The third kappa shape index (κ3) is 5.90. The molecule has 1 fully saturated rings. The highest BCUT2D eigenvalue weighted by Crippen LogP contribution is 2.26. The van der Waals surface area contributed by atoms with E-state index in [4.69, 9.17) is 10.5 Å². The Morgan fingerprint density at radius 3 is 2.70 bits per heavy atom. The fourth-order valence-electron chi connectivity index (χ4n) is 2.85. The molecule has 27 heavy (non-hydrogen) atoms. The van der Waals surface area contributed by atoms with E-state index in [-0.39, 0.29) is 23.9 Å². The van der Waals surface area contributed by atoms with Crippen molar-refractivity contribution < 1.29 is 18.3 Å². The van der Waals surface area contributed by atoms with Crippen LogP contribution in [0.4, 0.5) is 20.3 Å². The standard InChI is InChI=1S/C19H21F2N3O2S/c20-13-7-12(8-14(21)10-13)9-17(25)23-16-4-5-18(24-19(16)22)27-11-15-3-1-2-6-26-15/h4-5,7-8,10,15H,1-3,6,9,11H2,(H2,22,24)(H,23,25). The second-order valence-corrected chi connectivity index (χ2v) is 7.42. The summed E-state index contributed by atoms with van der Waals surface area (Å²) < 4.78 is 32.1. The van der Waals surface area contributed by atoms with Crippen molar-refractivity contribution in [1.29, 1.82) is 0 Å². The molecule has 0 aliphatic carbocycles. The molecule has 0 saturated carbocycles. The second kappa shape index (κ2) is 9.14. The van der Waals surface area contributed by atoms with Crippen molar-refractivity contribution in [2.24, 2.45) is 0 Å². The summed E-state index contributed by atoms with van der Waals surface area (Å²) >= 11 is 1.56. The third-order valence-corrected chi connectivity index (χ3v) is 5.21. The normalized spacial score (nSPS) is 16.9. The predicted molar refractivity (Wildman–Crippen MR) is 102 cm³/mol. The summed E-state index contributed by atoms with van der Waals surface area (Å²) in [4.78, 5) is 16.4. The molecule has 5 nitrogen and oxygen atoms in total. The van der Waals surface area contributed by atoms with Gasteiger partial charge in [0.2, 0.25) is 5.91 Å². The zero-order chi connectivity index (χ0) is 19.2. The van der Waals surface area contributed by atoms with Gasteiger partial charge in [0.25, 0.3) is 0 Å². The van der Waals surface area contributed by atoms with Gasteiger partial charge in [-0.15, -0.1) is 11.8 Å². The highest BCUT2D eigenvalue weighted by molar-refractivity contribution is 7.99. The van der Waals surface area contributed by atoms with E-state index in [1.807, 2.05) is 0 Å². The predicted octanol–water partition coefficient (Wildman–Crippen LogP) is 3.78. The van der Waals surface area contributed by atoms with Crippen LogP contribution in [0.2, 0.25) is 0 Å². The van der Waals surface area contributed by atoms with Crippen LogP contribution in [-0.2, 0) is 16.0 Å². The summed E-state index contributed by atoms with van der Waals surface area (Å²) in [6, 6.07) is 6.46. The average molecular weight is 393 g/mol. The van der Waals surface area contributed by atoms with Crippen LogP contribution in [0.25, 0.3) is 0 Å². The molecule has 1 amide bonds. The Morgan fingerprint density at radius 1 is 1.26 bits per heavy atom. The van der Waals surface area contributed by atoms with Crippen molar-refractivity contribution in [2.75, 3.05) is 23.4 Å². The Hall–Kier alpha value is -2.19. The molecule has 1 atom stereocenters. The van der Waals surface area contributed by atoms with Crippen molar-refractivity contribution >= 4 is 29.2 Å². The van der Waals surface area contributed by atoms with Crippen molar-refractivity contribution in [3.8, 4) is 0 Å². The minimum absolute atomic E-state index is 0.163. The molecule has 144 valence electrons. The van der Waals surface area contributed by atoms with Crippen LogP contribution in [0.3, 0.4) is 0 Å². The summed E-state index contributed by atoms with van der Waals surface area (Å²) in [5.41, 5.74) is 6.55. The van der Waals surface area contributed by atoms with Gasteiger partial charge >= 0.3 is 0 Å². The minimum Gasteiger partial charge on any atom is -0.382 e. The number of carbonyl (C=O) groups is 1. The Balaban J connectivity index is 1.55. The number of nitrogens with two attached hydrogens (primary N) is 1. The number of thioether (sulfide) groups is 1. The molecule has 0 radical (unpaired) electrons. The first-order valence-electron chi connectivity index (χ1n) is 8.75. The van der Waals surface area contributed by atoms with Gasteiger partial charge in [0.1, 0.15) is 17.5 Å². The van der Waals surface area contributed by atoms with Gasteiger partial charge in [0.05, 0.1) is 23.2 Å². The molecule has 2 aromatic rings. The number of nitrogen functional groups attached to an aromatic ring is 1. The van der Waals surface area contributed by atoms with Crippen LogP contribution in [0.1, 0.15) is 24.8 Å². The lowest BCUT2D eigenvalue weighted by molar-refractivity contribution is -0.115. The topological polar surface area (TPSA) is 77.2 Å².